The summed E-state index contributed by atoms with van der Waals surface area (Å²) in [5, 5.41) is 0.449. The minimum absolute atomic E-state index is 0.128. The summed E-state index contributed by atoms with van der Waals surface area (Å²) in [5.41, 5.74) is 3.52. The van der Waals surface area contributed by atoms with Crippen LogP contribution in [0.1, 0.15) is 16.7 Å². The molecule has 0 aromatic heterocycles. The molecule has 160 valence electrons. The van der Waals surface area contributed by atoms with Crippen molar-refractivity contribution in [2.24, 2.45) is 0 Å². The summed E-state index contributed by atoms with van der Waals surface area (Å²) < 4.78 is 28.1. The number of carbonyl (C=O) groups is 1. The molecule has 0 fully saturated rings. The normalized spacial score (nSPS) is 13.5. The highest BCUT2D eigenvalue weighted by atomic mass is 35.5. The monoisotopic (exact) mass is 454 g/mol. The van der Waals surface area contributed by atoms with Gasteiger partial charge in [-0.15, -0.1) is 0 Å². The number of halogens is 1. The van der Waals surface area contributed by atoms with Crippen LogP contribution in [-0.2, 0) is 27.8 Å². The lowest BCUT2D eigenvalue weighted by Gasteiger charge is -2.32. The molecule has 5 nitrogen and oxygen atoms in total. The molecule has 1 aliphatic heterocycles. The summed E-state index contributed by atoms with van der Waals surface area (Å²) in [6.07, 6.45) is 0.754. The van der Waals surface area contributed by atoms with Crippen molar-refractivity contribution in [3.05, 3.63) is 94.5 Å². The molecule has 1 aliphatic rings. The summed E-state index contributed by atoms with van der Waals surface area (Å²) in [6, 6.07) is 21.2. The van der Waals surface area contributed by atoms with Crippen molar-refractivity contribution in [3.63, 3.8) is 0 Å². The number of nitrogens with zero attached hydrogens (tertiary/aromatic N) is 2. The van der Waals surface area contributed by atoms with Crippen LogP contribution in [0.5, 0.6) is 0 Å². The number of amides is 1. The third-order valence-electron chi connectivity index (χ3n) is 5.54. The fourth-order valence-corrected chi connectivity index (χ4v) is 5.30. The number of carbonyl (C=O) groups excluding carboxylic acids is 1. The zero-order valence-corrected chi connectivity index (χ0v) is 18.7. The number of sulfonamides is 1. The number of benzene rings is 3. The molecule has 1 amide bonds. The lowest BCUT2D eigenvalue weighted by atomic mass is 10.00. The van der Waals surface area contributed by atoms with E-state index in [4.69, 9.17) is 11.6 Å². The first kappa shape index (κ1) is 21.4. The van der Waals surface area contributed by atoms with Crippen molar-refractivity contribution in [2.45, 2.75) is 24.8 Å². The summed E-state index contributed by atoms with van der Waals surface area (Å²) >= 11 is 6.28. The first-order valence-corrected chi connectivity index (χ1v) is 11.9. The Hall–Kier alpha value is -2.83. The van der Waals surface area contributed by atoms with Crippen molar-refractivity contribution in [1.82, 2.24) is 4.90 Å². The van der Waals surface area contributed by atoms with Gasteiger partial charge in [0.2, 0.25) is 5.91 Å². The summed E-state index contributed by atoms with van der Waals surface area (Å²) in [6.45, 7) is 2.59. The summed E-state index contributed by atoms with van der Waals surface area (Å²) in [5.74, 6) is -0.245. The predicted octanol–water partition coefficient (Wildman–Crippen LogP) is 4.43. The fraction of sp³-hybridized carbons (Fsp3) is 0.208. The molecule has 7 heteroatoms. The van der Waals surface area contributed by atoms with Gasteiger partial charge in [0, 0.05) is 18.1 Å². The summed E-state index contributed by atoms with van der Waals surface area (Å²) in [4.78, 5) is 15.1. The standard InChI is InChI=1S/C24H23ClN2O3S/c1-18-11-12-21(15-23(18)25)27(31(29,30)22-9-3-2-4-10-22)17-24(28)26-14-13-19-7-5-6-8-20(19)16-26/h2-12,15H,13-14,16-17H2,1H3. The highest BCUT2D eigenvalue weighted by Crippen LogP contribution is 2.28. The minimum Gasteiger partial charge on any atom is -0.336 e. The second-order valence-electron chi connectivity index (χ2n) is 7.59. The molecule has 3 aromatic rings. The zero-order valence-electron chi connectivity index (χ0n) is 17.2. The SMILES string of the molecule is Cc1ccc(N(CC(=O)N2CCc3ccccc3C2)S(=O)(=O)c2ccccc2)cc1Cl. The van der Waals surface area contributed by atoms with Crippen LogP contribution in [0.3, 0.4) is 0 Å². The highest BCUT2D eigenvalue weighted by molar-refractivity contribution is 7.92. The van der Waals surface area contributed by atoms with Gasteiger partial charge >= 0.3 is 0 Å². The van der Waals surface area contributed by atoms with E-state index >= 15 is 0 Å². The van der Waals surface area contributed by atoms with Gasteiger partial charge in [-0.3, -0.25) is 9.10 Å². The van der Waals surface area contributed by atoms with Crippen molar-refractivity contribution >= 4 is 33.2 Å². The molecule has 0 N–H and O–H groups in total. The minimum atomic E-state index is -3.95. The average molecular weight is 455 g/mol. The van der Waals surface area contributed by atoms with Crippen LogP contribution in [0.4, 0.5) is 5.69 Å². The van der Waals surface area contributed by atoms with Crippen LogP contribution in [0, 0.1) is 6.92 Å². The quantitative estimate of drug-likeness (QED) is 0.573. The van der Waals surface area contributed by atoms with Gasteiger partial charge < -0.3 is 4.90 Å². The number of hydrogen-bond acceptors (Lipinski definition) is 3. The Bertz CT molecular complexity index is 1210. The van der Waals surface area contributed by atoms with Gasteiger partial charge in [0.05, 0.1) is 10.6 Å². The second-order valence-corrected chi connectivity index (χ2v) is 9.86. The second kappa shape index (κ2) is 8.73. The molecule has 0 aliphatic carbocycles. The molecule has 0 saturated carbocycles. The van der Waals surface area contributed by atoms with Crippen LogP contribution in [0.15, 0.2) is 77.7 Å². The fourth-order valence-electron chi connectivity index (χ4n) is 3.70. The van der Waals surface area contributed by atoms with Gasteiger partial charge in [0.1, 0.15) is 6.54 Å². The lowest BCUT2D eigenvalue weighted by Crippen LogP contribution is -2.44. The van der Waals surface area contributed by atoms with Crippen LogP contribution in [0.25, 0.3) is 0 Å². The van der Waals surface area contributed by atoms with Crippen LogP contribution in [-0.4, -0.2) is 32.3 Å². The smallest absolute Gasteiger partial charge is 0.264 e. The first-order valence-electron chi connectivity index (χ1n) is 10.0. The molecule has 0 radical (unpaired) electrons. The largest absolute Gasteiger partial charge is 0.336 e. The molecular weight excluding hydrogens is 432 g/mol. The first-order chi connectivity index (χ1) is 14.9. The maximum absolute atomic E-state index is 13.5. The van der Waals surface area contributed by atoms with E-state index in [0.29, 0.717) is 23.8 Å². The van der Waals surface area contributed by atoms with Gasteiger partial charge in [-0.05, 0) is 54.3 Å². The van der Waals surface area contributed by atoms with E-state index in [1.54, 1.807) is 41.3 Å². The van der Waals surface area contributed by atoms with Crippen molar-refractivity contribution in [3.8, 4) is 0 Å². The average Bonchev–Trinajstić information content (AvgIpc) is 2.79. The molecule has 1 heterocycles. The Kier molecular flexibility index (Phi) is 6.03. The summed E-state index contributed by atoms with van der Waals surface area (Å²) in [7, 11) is -3.95. The zero-order chi connectivity index (χ0) is 22.0. The number of aryl methyl sites for hydroxylation is 1. The molecule has 3 aromatic carbocycles. The molecular formula is C24H23ClN2O3S. The Morgan fingerprint density at radius 2 is 1.68 bits per heavy atom. The van der Waals surface area contributed by atoms with Gasteiger partial charge in [-0.1, -0.05) is 60.1 Å². The van der Waals surface area contributed by atoms with E-state index in [9.17, 15) is 13.2 Å². The molecule has 31 heavy (non-hydrogen) atoms. The van der Waals surface area contributed by atoms with Gasteiger partial charge in [-0.2, -0.15) is 0 Å². The van der Waals surface area contributed by atoms with E-state index in [0.717, 1.165) is 21.9 Å². The third-order valence-corrected chi connectivity index (χ3v) is 7.73. The number of anilines is 1. The number of fused-ring (bicyclic) bond motifs is 1. The van der Waals surface area contributed by atoms with Gasteiger partial charge in [0.15, 0.2) is 0 Å². The molecule has 0 saturated heterocycles. The Morgan fingerprint density at radius 3 is 2.39 bits per heavy atom. The van der Waals surface area contributed by atoms with Crippen LogP contribution in [0.2, 0.25) is 5.02 Å². The van der Waals surface area contributed by atoms with Crippen LogP contribution < -0.4 is 4.31 Å². The molecule has 0 bridgehead atoms. The Balaban J connectivity index is 1.66. The van der Waals surface area contributed by atoms with Crippen LogP contribution >= 0.6 is 11.6 Å². The molecule has 0 atom stereocenters. The van der Waals surface area contributed by atoms with Crippen molar-refractivity contribution < 1.29 is 13.2 Å². The van der Waals surface area contributed by atoms with Gasteiger partial charge in [-0.25, -0.2) is 8.42 Å². The van der Waals surface area contributed by atoms with E-state index in [2.05, 4.69) is 6.07 Å². The maximum atomic E-state index is 13.5. The van der Waals surface area contributed by atoms with Crippen molar-refractivity contribution in [1.29, 1.82) is 0 Å². The third kappa shape index (κ3) is 4.45. The molecule has 4 rings (SSSR count). The van der Waals surface area contributed by atoms with E-state index < -0.39 is 10.0 Å². The Morgan fingerprint density at radius 1 is 1.00 bits per heavy atom. The lowest BCUT2D eigenvalue weighted by molar-refractivity contribution is -0.130. The van der Waals surface area contributed by atoms with Crippen molar-refractivity contribution in [2.75, 3.05) is 17.4 Å². The topological polar surface area (TPSA) is 57.7 Å². The number of hydrogen-bond donors (Lipinski definition) is 0. The van der Waals surface area contributed by atoms with Gasteiger partial charge in [0.25, 0.3) is 10.0 Å². The van der Waals surface area contributed by atoms with E-state index in [1.165, 1.54) is 17.7 Å². The maximum Gasteiger partial charge on any atom is 0.264 e. The Labute approximate surface area is 187 Å². The highest BCUT2D eigenvalue weighted by Gasteiger charge is 2.30. The molecule has 0 unspecified atom stereocenters. The van der Waals surface area contributed by atoms with E-state index in [1.807, 2.05) is 25.1 Å². The van der Waals surface area contributed by atoms with E-state index in [-0.39, 0.29) is 17.3 Å². The predicted molar refractivity (Wildman–Crippen MR) is 123 cm³/mol. The number of rotatable bonds is 5. The molecule has 0 spiro atoms.